The Kier molecular flexibility index (Phi) is 3.57. The van der Waals surface area contributed by atoms with Crippen molar-refractivity contribution in [2.45, 2.75) is 6.18 Å². The van der Waals surface area contributed by atoms with Crippen LogP contribution in [0.1, 0.15) is 0 Å². The van der Waals surface area contributed by atoms with E-state index in [0.717, 1.165) is 0 Å². The Morgan fingerprint density at radius 3 is 2.27 bits per heavy atom. The summed E-state index contributed by atoms with van der Waals surface area (Å²) in [7, 11) is 0. The number of nitrogens with one attached hydrogen (secondary N) is 1. The third kappa shape index (κ3) is 4.83. The summed E-state index contributed by atoms with van der Waals surface area (Å²) in [6.07, 6.45) is -4.82. The first kappa shape index (κ1) is 10.5. The zero-order chi connectivity index (χ0) is 9.07. The molecule has 0 bridgehead atoms. The van der Waals surface area contributed by atoms with Gasteiger partial charge >= 0.3 is 12.1 Å². The Labute approximate surface area is 69.6 Å². The lowest BCUT2D eigenvalue weighted by Crippen LogP contribution is -2.37. The van der Waals surface area contributed by atoms with Gasteiger partial charge in [-0.25, -0.2) is 0 Å². The molecule has 0 aromatic rings. The zero-order valence-electron chi connectivity index (χ0n) is 5.33. The molecule has 1 N–H and O–H groups in total. The van der Waals surface area contributed by atoms with Gasteiger partial charge in [0.2, 0.25) is 0 Å². The Balaban J connectivity index is 3.80. The molecule has 6 heteroatoms. The summed E-state index contributed by atoms with van der Waals surface area (Å²) in [6.45, 7) is 3.02. The standard InChI is InChI=1S/C5H5BrF3NO/c1-3(6)2-10-4(11)5(7,8)9/h1-2H2,(H,10,11). The smallest absolute Gasteiger partial charge is 0.344 e. The van der Waals surface area contributed by atoms with E-state index in [1.165, 1.54) is 0 Å². The molecule has 2 nitrogen and oxygen atoms in total. The number of rotatable bonds is 2. The van der Waals surface area contributed by atoms with Crippen molar-refractivity contribution >= 4 is 21.8 Å². The topological polar surface area (TPSA) is 29.1 Å². The molecular formula is C5H5BrF3NO. The van der Waals surface area contributed by atoms with Gasteiger partial charge in [0, 0.05) is 11.0 Å². The molecule has 0 aliphatic carbocycles. The summed E-state index contributed by atoms with van der Waals surface area (Å²) in [4.78, 5) is 10.1. The Hall–Kier alpha value is -0.520. The maximum absolute atomic E-state index is 11.4. The highest BCUT2D eigenvalue weighted by atomic mass is 79.9. The van der Waals surface area contributed by atoms with Crippen molar-refractivity contribution in [3.8, 4) is 0 Å². The van der Waals surface area contributed by atoms with Crippen molar-refractivity contribution in [3.63, 3.8) is 0 Å². The summed E-state index contributed by atoms with van der Waals surface area (Å²) in [5, 5.41) is 1.61. The fraction of sp³-hybridized carbons (Fsp3) is 0.400. The van der Waals surface area contributed by atoms with E-state index < -0.39 is 12.1 Å². The van der Waals surface area contributed by atoms with E-state index in [4.69, 9.17) is 0 Å². The van der Waals surface area contributed by atoms with Crippen LogP contribution in [0.4, 0.5) is 13.2 Å². The third-order valence-corrected chi connectivity index (χ3v) is 0.979. The van der Waals surface area contributed by atoms with Crippen LogP contribution in [0.3, 0.4) is 0 Å². The summed E-state index contributed by atoms with van der Waals surface area (Å²) in [5.41, 5.74) is 0. The van der Waals surface area contributed by atoms with Crippen molar-refractivity contribution in [1.82, 2.24) is 5.32 Å². The maximum atomic E-state index is 11.4. The van der Waals surface area contributed by atoms with Crippen LogP contribution in [0.5, 0.6) is 0 Å². The minimum absolute atomic E-state index is 0.224. The van der Waals surface area contributed by atoms with E-state index in [0.29, 0.717) is 0 Å². The van der Waals surface area contributed by atoms with Crippen molar-refractivity contribution < 1.29 is 18.0 Å². The van der Waals surface area contributed by atoms with Gasteiger partial charge < -0.3 is 5.32 Å². The number of carbonyl (C=O) groups excluding carboxylic acids is 1. The number of halogens is 4. The van der Waals surface area contributed by atoms with Gasteiger partial charge in [-0.15, -0.1) is 0 Å². The summed E-state index contributed by atoms with van der Waals surface area (Å²) < 4.78 is 34.6. The quantitative estimate of drug-likeness (QED) is 0.769. The van der Waals surface area contributed by atoms with E-state index >= 15 is 0 Å². The molecule has 64 valence electrons. The molecule has 0 aliphatic rings. The molecular weight excluding hydrogens is 227 g/mol. The minimum Gasteiger partial charge on any atom is -0.344 e. The van der Waals surface area contributed by atoms with Crippen LogP contribution in [0.15, 0.2) is 11.1 Å². The molecule has 1 amide bonds. The number of amides is 1. The van der Waals surface area contributed by atoms with Crippen LogP contribution in [0.2, 0.25) is 0 Å². The van der Waals surface area contributed by atoms with E-state index in [1.807, 2.05) is 0 Å². The largest absolute Gasteiger partial charge is 0.471 e. The molecule has 0 aromatic heterocycles. The molecule has 11 heavy (non-hydrogen) atoms. The van der Waals surface area contributed by atoms with Crippen molar-refractivity contribution in [3.05, 3.63) is 11.1 Å². The van der Waals surface area contributed by atoms with Crippen LogP contribution >= 0.6 is 15.9 Å². The lowest BCUT2D eigenvalue weighted by Gasteiger charge is -2.05. The molecule has 0 heterocycles. The van der Waals surface area contributed by atoms with Crippen LogP contribution in [0.25, 0.3) is 0 Å². The minimum atomic E-state index is -4.82. The molecule has 0 fully saturated rings. The molecule has 0 unspecified atom stereocenters. The number of carbonyl (C=O) groups is 1. The molecule has 0 radical (unpaired) electrons. The predicted molar refractivity (Wildman–Crippen MR) is 37.1 cm³/mol. The fourth-order valence-electron chi connectivity index (χ4n) is 0.276. The second kappa shape index (κ2) is 3.75. The molecule has 0 saturated carbocycles. The molecule has 0 spiro atoms. The van der Waals surface area contributed by atoms with Crippen LogP contribution < -0.4 is 5.32 Å². The van der Waals surface area contributed by atoms with Gasteiger partial charge in [-0.1, -0.05) is 22.5 Å². The average molecular weight is 232 g/mol. The van der Waals surface area contributed by atoms with Gasteiger partial charge in [0.1, 0.15) is 0 Å². The predicted octanol–water partition coefficient (Wildman–Crippen LogP) is 1.57. The third-order valence-electron chi connectivity index (χ3n) is 0.698. The van der Waals surface area contributed by atoms with Crippen molar-refractivity contribution in [2.24, 2.45) is 0 Å². The highest BCUT2D eigenvalue weighted by molar-refractivity contribution is 9.11. The van der Waals surface area contributed by atoms with E-state index in [-0.39, 0.29) is 11.0 Å². The molecule has 0 rings (SSSR count). The number of hydrogen-bond donors (Lipinski definition) is 1. The van der Waals surface area contributed by atoms with E-state index in [9.17, 15) is 18.0 Å². The first-order valence-electron chi connectivity index (χ1n) is 2.52. The second-order valence-corrected chi connectivity index (χ2v) is 2.82. The second-order valence-electron chi connectivity index (χ2n) is 1.70. The van der Waals surface area contributed by atoms with E-state index in [1.54, 1.807) is 5.32 Å². The number of alkyl halides is 3. The first-order chi connectivity index (χ1) is 4.84. The Bertz CT molecular complexity index is 177. The van der Waals surface area contributed by atoms with Crippen LogP contribution in [-0.4, -0.2) is 18.6 Å². The maximum Gasteiger partial charge on any atom is 0.471 e. The zero-order valence-corrected chi connectivity index (χ0v) is 6.92. The van der Waals surface area contributed by atoms with Gasteiger partial charge in [-0.2, -0.15) is 13.2 Å². The molecule has 0 aromatic carbocycles. The van der Waals surface area contributed by atoms with Gasteiger partial charge in [-0.05, 0) is 0 Å². The SMILES string of the molecule is C=C(Br)CNC(=O)C(F)(F)F. The lowest BCUT2D eigenvalue weighted by molar-refractivity contribution is -0.173. The van der Waals surface area contributed by atoms with Crippen molar-refractivity contribution in [1.29, 1.82) is 0 Å². The Morgan fingerprint density at radius 2 is 2.00 bits per heavy atom. The molecule has 0 atom stereocenters. The van der Waals surface area contributed by atoms with Gasteiger partial charge in [-0.3, -0.25) is 4.79 Å². The first-order valence-corrected chi connectivity index (χ1v) is 3.31. The highest BCUT2D eigenvalue weighted by Gasteiger charge is 2.38. The average Bonchev–Trinajstić information content (AvgIpc) is 1.80. The van der Waals surface area contributed by atoms with Gasteiger partial charge in [0.25, 0.3) is 0 Å². The van der Waals surface area contributed by atoms with Gasteiger partial charge in [0.15, 0.2) is 0 Å². The van der Waals surface area contributed by atoms with Crippen LogP contribution in [-0.2, 0) is 4.79 Å². The van der Waals surface area contributed by atoms with Gasteiger partial charge in [0.05, 0.1) is 0 Å². The molecule has 0 saturated heterocycles. The van der Waals surface area contributed by atoms with E-state index in [2.05, 4.69) is 22.5 Å². The Morgan fingerprint density at radius 1 is 1.55 bits per heavy atom. The highest BCUT2D eigenvalue weighted by Crippen LogP contribution is 2.14. The summed E-state index contributed by atoms with van der Waals surface area (Å²) >= 11 is 2.79. The van der Waals surface area contributed by atoms with Crippen molar-refractivity contribution in [2.75, 3.05) is 6.54 Å². The lowest BCUT2D eigenvalue weighted by atomic mass is 10.5. The monoisotopic (exact) mass is 231 g/mol. The fourth-order valence-corrected chi connectivity index (χ4v) is 0.417. The van der Waals surface area contributed by atoms with Crippen LogP contribution in [0, 0.1) is 0 Å². The summed E-state index contributed by atoms with van der Waals surface area (Å²) in [6, 6.07) is 0. The molecule has 0 aliphatic heterocycles. The number of hydrogen-bond acceptors (Lipinski definition) is 1. The summed E-state index contributed by atoms with van der Waals surface area (Å²) in [5.74, 6) is -1.96. The normalized spacial score (nSPS) is 10.9.